The topological polar surface area (TPSA) is 64.0 Å². The van der Waals surface area contributed by atoms with Crippen molar-refractivity contribution >= 4 is 0 Å². The molecule has 2 unspecified atom stereocenters. The predicted molar refractivity (Wildman–Crippen MR) is 108 cm³/mol. The van der Waals surface area contributed by atoms with Gasteiger partial charge in [0.2, 0.25) is 0 Å². The molecule has 28 heavy (non-hydrogen) atoms. The lowest BCUT2D eigenvalue weighted by atomic mass is 9.63. The monoisotopic (exact) mass is 375 g/mol. The first-order valence-corrected chi connectivity index (χ1v) is 9.52. The lowest BCUT2D eigenvalue weighted by molar-refractivity contribution is -0.101. The summed E-state index contributed by atoms with van der Waals surface area (Å²) < 4.78 is 6.20. The van der Waals surface area contributed by atoms with Gasteiger partial charge in [-0.2, -0.15) is 0 Å². The van der Waals surface area contributed by atoms with Crippen molar-refractivity contribution in [1.82, 2.24) is 24.8 Å². The van der Waals surface area contributed by atoms with Crippen LogP contribution in [0.3, 0.4) is 0 Å². The van der Waals surface area contributed by atoms with E-state index in [1.54, 1.807) is 12.4 Å². The maximum atomic E-state index is 6.20. The second kappa shape index (κ2) is 7.64. The Hall–Kier alpha value is -2.86. The van der Waals surface area contributed by atoms with E-state index in [2.05, 4.69) is 45.7 Å². The number of rotatable bonds is 6. The second-order valence-electron chi connectivity index (χ2n) is 7.95. The maximum Gasteiger partial charge on any atom is 0.162 e. The Kier molecular flexibility index (Phi) is 5.05. The van der Waals surface area contributed by atoms with E-state index in [-0.39, 0.29) is 11.5 Å². The lowest BCUT2D eigenvalue weighted by Crippen LogP contribution is -2.62. The van der Waals surface area contributed by atoms with Crippen molar-refractivity contribution in [2.24, 2.45) is 5.41 Å². The highest BCUT2D eigenvalue weighted by atomic mass is 16.5. The third-order valence-corrected chi connectivity index (χ3v) is 5.64. The smallest absolute Gasteiger partial charge is 0.162 e. The zero-order valence-corrected chi connectivity index (χ0v) is 16.5. The van der Waals surface area contributed by atoms with Crippen LogP contribution in [-0.2, 0) is 6.54 Å². The Labute approximate surface area is 165 Å². The van der Waals surface area contributed by atoms with Crippen LogP contribution in [0.4, 0.5) is 0 Å². The fraction of sp³-hybridized carbons (Fsp3) is 0.364. The standard InChI is InChI=1S/C22H25N5O/c1-22(2)19(9-20(22)28-18-7-5-4-6-8-18)27(3)14-16-10-25-21(26-11-16)17-12-23-15-24-13-17/h4-8,10-13,15,19-20H,9,14H2,1-3H3. The van der Waals surface area contributed by atoms with E-state index in [0.717, 1.165) is 29.8 Å². The van der Waals surface area contributed by atoms with Gasteiger partial charge in [-0.25, -0.2) is 19.9 Å². The van der Waals surface area contributed by atoms with Gasteiger partial charge < -0.3 is 4.74 Å². The molecule has 1 aliphatic rings. The second-order valence-corrected chi connectivity index (χ2v) is 7.95. The number of hydrogen-bond donors (Lipinski definition) is 0. The minimum atomic E-state index is 0.0762. The molecule has 2 atom stereocenters. The number of nitrogens with zero attached hydrogens (tertiary/aromatic N) is 5. The molecule has 0 radical (unpaired) electrons. The molecule has 0 amide bonds. The van der Waals surface area contributed by atoms with Gasteiger partial charge in [-0.05, 0) is 19.2 Å². The Morgan fingerprint density at radius 2 is 1.71 bits per heavy atom. The van der Waals surface area contributed by atoms with Crippen LogP contribution in [0.15, 0.2) is 61.4 Å². The van der Waals surface area contributed by atoms with E-state index in [1.165, 1.54) is 6.33 Å². The van der Waals surface area contributed by atoms with Gasteiger partial charge in [-0.1, -0.05) is 32.0 Å². The van der Waals surface area contributed by atoms with E-state index < -0.39 is 0 Å². The molecule has 0 spiro atoms. The molecule has 2 heterocycles. The molecule has 3 aromatic rings. The van der Waals surface area contributed by atoms with Gasteiger partial charge in [0.05, 0.1) is 5.56 Å². The molecule has 2 aromatic heterocycles. The summed E-state index contributed by atoms with van der Waals surface area (Å²) >= 11 is 0. The Bertz CT molecular complexity index is 899. The zero-order valence-electron chi connectivity index (χ0n) is 16.5. The Morgan fingerprint density at radius 1 is 1.04 bits per heavy atom. The summed E-state index contributed by atoms with van der Waals surface area (Å²) in [6.45, 7) is 5.36. The first kappa shape index (κ1) is 18.5. The quantitative estimate of drug-likeness (QED) is 0.656. The molecule has 144 valence electrons. The Balaban J connectivity index is 1.37. The molecule has 1 aliphatic carbocycles. The van der Waals surface area contributed by atoms with Gasteiger partial charge in [0.1, 0.15) is 18.2 Å². The largest absolute Gasteiger partial charge is 0.490 e. The highest BCUT2D eigenvalue weighted by molar-refractivity contribution is 5.50. The molecular formula is C22H25N5O. The summed E-state index contributed by atoms with van der Waals surface area (Å²) in [6.07, 6.45) is 9.94. The van der Waals surface area contributed by atoms with Crippen molar-refractivity contribution in [3.05, 3.63) is 67.0 Å². The molecule has 1 fully saturated rings. The van der Waals surface area contributed by atoms with Gasteiger partial charge >= 0.3 is 0 Å². The highest BCUT2D eigenvalue weighted by Gasteiger charge is 2.51. The summed E-state index contributed by atoms with van der Waals surface area (Å²) in [6, 6.07) is 10.5. The SMILES string of the molecule is CN(Cc1cnc(-c2cncnc2)nc1)C1CC(Oc2ccccc2)C1(C)C. The van der Waals surface area contributed by atoms with Crippen LogP contribution >= 0.6 is 0 Å². The third kappa shape index (κ3) is 3.73. The van der Waals surface area contributed by atoms with E-state index >= 15 is 0 Å². The summed E-state index contributed by atoms with van der Waals surface area (Å²) in [5.41, 5.74) is 1.99. The lowest BCUT2D eigenvalue weighted by Gasteiger charge is -2.54. The molecular weight excluding hydrogens is 350 g/mol. The minimum absolute atomic E-state index is 0.0762. The van der Waals surface area contributed by atoms with Crippen molar-refractivity contribution in [2.75, 3.05) is 7.05 Å². The normalized spacial score (nSPS) is 20.6. The number of aromatic nitrogens is 4. The molecule has 4 rings (SSSR count). The Morgan fingerprint density at radius 3 is 2.36 bits per heavy atom. The van der Waals surface area contributed by atoms with Crippen LogP contribution in [0.5, 0.6) is 5.75 Å². The molecule has 6 nitrogen and oxygen atoms in total. The van der Waals surface area contributed by atoms with Crippen molar-refractivity contribution in [1.29, 1.82) is 0 Å². The number of ether oxygens (including phenoxy) is 1. The van der Waals surface area contributed by atoms with Crippen molar-refractivity contribution < 1.29 is 4.74 Å². The minimum Gasteiger partial charge on any atom is -0.490 e. The molecule has 0 aliphatic heterocycles. The van der Waals surface area contributed by atoms with E-state index in [0.29, 0.717) is 11.9 Å². The predicted octanol–water partition coefficient (Wildman–Crippen LogP) is 3.61. The molecule has 1 aromatic carbocycles. The molecule has 1 saturated carbocycles. The van der Waals surface area contributed by atoms with Crippen LogP contribution < -0.4 is 4.74 Å². The van der Waals surface area contributed by atoms with Crippen LogP contribution in [0.1, 0.15) is 25.8 Å². The fourth-order valence-corrected chi connectivity index (χ4v) is 3.87. The molecule has 0 N–H and O–H groups in total. The zero-order chi connectivity index (χ0) is 19.6. The van der Waals surface area contributed by atoms with E-state index in [4.69, 9.17) is 4.74 Å². The average molecular weight is 375 g/mol. The molecule has 0 saturated heterocycles. The van der Waals surface area contributed by atoms with Gasteiger partial charge in [0.25, 0.3) is 0 Å². The van der Waals surface area contributed by atoms with Crippen LogP contribution in [-0.4, -0.2) is 44.0 Å². The van der Waals surface area contributed by atoms with Crippen molar-refractivity contribution in [3.63, 3.8) is 0 Å². The summed E-state index contributed by atoms with van der Waals surface area (Å²) in [4.78, 5) is 19.3. The molecule has 0 bridgehead atoms. The van der Waals surface area contributed by atoms with Crippen LogP contribution in [0.25, 0.3) is 11.4 Å². The maximum absolute atomic E-state index is 6.20. The average Bonchev–Trinajstić information content (AvgIpc) is 2.72. The fourth-order valence-electron chi connectivity index (χ4n) is 3.87. The third-order valence-electron chi connectivity index (χ3n) is 5.64. The first-order chi connectivity index (χ1) is 13.5. The van der Waals surface area contributed by atoms with Gasteiger partial charge in [-0.15, -0.1) is 0 Å². The van der Waals surface area contributed by atoms with Gasteiger partial charge in [0, 0.05) is 54.8 Å². The first-order valence-electron chi connectivity index (χ1n) is 9.52. The summed E-state index contributed by atoms with van der Waals surface area (Å²) in [5, 5.41) is 0. The van der Waals surface area contributed by atoms with Crippen LogP contribution in [0, 0.1) is 5.41 Å². The summed E-state index contributed by atoms with van der Waals surface area (Å²) in [7, 11) is 2.16. The van der Waals surface area contributed by atoms with Crippen LogP contribution in [0.2, 0.25) is 0 Å². The number of hydrogen-bond acceptors (Lipinski definition) is 6. The number of para-hydroxylation sites is 1. The number of benzene rings is 1. The van der Waals surface area contributed by atoms with Gasteiger partial charge in [0.15, 0.2) is 5.82 Å². The van der Waals surface area contributed by atoms with Crippen molar-refractivity contribution in [3.8, 4) is 17.1 Å². The van der Waals surface area contributed by atoms with E-state index in [1.807, 2.05) is 42.7 Å². The molecule has 6 heteroatoms. The van der Waals surface area contributed by atoms with Crippen molar-refractivity contribution in [2.45, 2.75) is 39.0 Å². The van der Waals surface area contributed by atoms with E-state index in [9.17, 15) is 0 Å². The summed E-state index contributed by atoms with van der Waals surface area (Å²) in [5.74, 6) is 1.59. The van der Waals surface area contributed by atoms with Gasteiger partial charge in [-0.3, -0.25) is 4.90 Å². The highest BCUT2D eigenvalue weighted by Crippen LogP contribution is 2.45.